The Bertz CT molecular complexity index is 734. The summed E-state index contributed by atoms with van der Waals surface area (Å²) >= 11 is 0. The van der Waals surface area contributed by atoms with Gasteiger partial charge in [0.1, 0.15) is 22.7 Å². The summed E-state index contributed by atoms with van der Waals surface area (Å²) < 4.78 is 93.3. The molecule has 4 aliphatic rings. The van der Waals surface area contributed by atoms with Crippen LogP contribution in [0.3, 0.4) is 0 Å². The van der Waals surface area contributed by atoms with Crippen LogP contribution in [0.4, 0.5) is 0 Å². The zero-order chi connectivity index (χ0) is 19.6. The van der Waals surface area contributed by atoms with Gasteiger partial charge in [-0.25, -0.2) is 0 Å². The van der Waals surface area contributed by atoms with Crippen molar-refractivity contribution in [2.24, 2.45) is 0 Å². The molecule has 2 N–H and O–H groups in total. The van der Waals surface area contributed by atoms with Crippen molar-refractivity contribution in [1.29, 1.82) is 0 Å². The fraction of sp³-hybridized carbons (Fsp3) is 1.00. The van der Waals surface area contributed by atoms with Crippen molar-refractivity contribution in [2.45, 2.75) is 48.5 Å². The molecular weight excluding hydrogens is 408 g/mol. The van der Waals surface area contributed by atoms with Gasteiger partial charge in [-0.3, -0.25) is 9.11 Å². The smallest absolute Gasteiger partial charge is 0.267 e. The van der Waals surface area contributed by atoms with E-state index in [2.05, 4.69) is 0 Å². The first-order chi connectivity index (χ1) is 12.4. The van der Waals surface area contributed by atoms with Crippen molar-refractivity contribution >= 4 is 20.2 Å². The minimum atomic E-state index is -4.40. The lowest BCUT2D eigenvalue weighted by Crippen LogP contribution is -2.79. The van der Waals surface area contributed by atoms with E-state index in [9.17, 15) is 25.9 Å². The highest BCUT2D eigenvalue weighted by Crippen LogP contribution is 2.56. The Morgan fingerprint density at radius 1 is 0.667 bits per heavy atom. The molecule has 0 spiro atoms. The summed E-state index contributed by atoms with van der Waals surface area (Å²) in [7, 11) is -8.79. The molecule has 4 rings (SSSR count). The molecule has 0 aromatic carbocycles. The first kappa shape index (κ1) is 19.9. The molecule has 0 aromatic rings. The van der Waals surface area contributed by atoms with Crippen LogP contribution in [0.2, 0.25) is 0 Å². The van der Waals surface area contributed by atoms with Crippen molar-refractivity contribution in [1.82, 2.24) is 0 Å². The Hall–Kier alpha value is -0.380. The molecule has 13 heteroatoms. The van der Waals surface area contributed by atoms with E-state index in [4.69, 9.17) is 23.7 Å². The third-order valence-corrected chi connectivity index (χ3v) is 7.51. The second-order valence-electron chi connectivity index (χ2n) is 7.44. The van der Waals surface area contributed by atoms with Crippen LogP contribution in [0, 0.1) is 0 Å². The van der Waals surface area contributed by atoms with E-state index in [0.717, 1.165) is 0 Å². The Morgan fingerprint density at radius 2 is 0.963 bits per heavy atom. The maximum atomic E-state index is 11.5. The maximum Gasteiger partial charge on any atom is 0.267 e. The van der Waals surface area contributed by atoms with Crippen LogP contribution >= 0.6 is 0 Å². The largest absolute Gasteiger partial charge is 0.368 e. The molecule has 0 aliphatic carbocycles. The Balaban J connectivity index is 1.65. The van der Waals surface area contributed by atoms with E-state index in [1.165, 1.54) is 0 Å². The lowest BCUT2D eigenvalue weighted by atomic mass is 9.78. The average molecular weight is 430 g/mol. The predicted molar refractivity (Wildman–Crippen MR) is 87.1 cm³/mol. The first-order valence-electron chi connectivity index (χ1n) is 8.61. The SMILES string of the molecule is O=S(=O)(O)CC1(C2(OC3(C4(CS(=O)(=O)O)CCO4)CCO3)CCO2)CCO1. The van der Waals surface area contributed by atoms with E-state index in [1.807, 2.05) is 0 Å². The molecule has 4 unspecified atom stereocenters. The van der Waals surface area contributed by atoms with Gasteiger partial charge in [0.2, 0.25) is 11.6 Å². The van der Waals surface area contributed by atoms with Gasteiger partial charge in [0.05, 0.1) is 26.4 Å². The first-order valence-corrected chi connectivity index (χ1v) is 11.8. The maximum absolute atomic E-state index is 11.5. The van der Waals surface area contributed by atoms with E-state index in [1.54, 1.807) is 0 Å². The molecule has 0 saturated carbocycles. The second-order valence-corrected chi connectivity index (χ2v) is 10.3. The highest BCUT2D eigenvalue weighted by Gasteiger charge is 2.72. The summed E-state index contributed by atoms with van der Waals surface area (Å²) in [5.41, 5.74) is -2.85. The van der Waals surface area contributed by atoms with Crippen molar-refractivity contribution in [3.8, 4) is 0 Å². The summed E-state index contributed by atoms with van der Waals surface area (Å²) in [6, 6.07) is 0. The van der Waals surface area contributed by atoms with E-state index >= 15 is 0 Å². The quantitative estimate of drug-likeness (QED) is 0.471. The topological polar surface area (TPSA) is 155 Å². The number of rotatable bonds is 8. The highest BCUT2D eigenvalue weighted by molar-refractivity contribution is 7.86. The van der Waals surface area contributed by atoms with Crippen LogP contribution in [0.15, 0.2) is 0 Å². The molecule has 0 aromatic heterocycles. The van der Waals surface area contributed by atoms with Gasteiger partial charge in [-0.1, -0.05) is 0 Å². The molecule has 4 atom stereocenters. The van der Waals surface area contributed by atoms with Gasteiger partial charge in [-0.05, 0) is 0 Å². The average Bonchev–Trinajstić information content (AvgIpc) is 2.35. The third-order valence-electron chi connectivity index (χ3n) is 5.85. The normalized spacial score (nSPS) is 44.5. The van der Waals surface area contributed by atoms with Crippen molar-refractivity contribution in [3.63, 3.8) is 0 Å². The number of hydrogen-bond donors (Lipinski definition) is 2. The third kappa shape index (κ3) is 3.13. The predicted octanol–water partition coefficient (Wildman–Crippen LogP) is -0.670. The van der Waals surface area contributed by atoms with Crippen LogP contribution in [-0.4, -0.2) is 86.7 Å². The molecule has 4 heterocycles. The molecule has 4 saturated heterocycles. The van der Waals surface area contributed by atoms with Gasteiger partial charge in [-0.15, -0.1) is 0 Å². The van der Waals surface area contributed by atoms with Gasteiger partial charge in [0.25, 0.3) is 20.2 Å². The van der Waals surface area contributed by atoms with Crippen molar-refractivity contribution in [2.75, 3.05) is 37.9 Å². The van der Waals surface area contributed by atoms with E-state index < -0.39 is 54.5 Å². The summed E-state index contributed by atoms with van der Waals surface area (Å²) in [4.78, 5) is 0. The molecule has 27 heavy (non-hydrogen) atoms. The summed E-state index contributed by atoms with van der Waals surface area (Å²) in [6.45, 7) is 1.09. The van der Waals surface area contributed by atoms with Crippen molar-refractivity contribution in [3.05, 3.63) is 0 Å². The van der Waals surface area contributed by atoms with Crippen LogP contribution in [0.1, 0.15) is 25.7 Å². The van der Waals surface area contributed by atoms with E-state index in [0.29, 0.717) is 0 Å². The fourth-order valence-corrected chi connectivity index (χ4v) is 6.32. The molecular formula is C14H22O11S2. The standard InChI is InChI=1S/C14H22O11S2/c15-26(16,17)9-11(1-5-21-11)13(3-7-23-13)25-14(4-8-24-14)12(2-6-22-12)10-27(18,19)20/h1-10H2,(H,15,16,17)(H,18,19,20). The molecule has 0 amide bonds. The Kier molecular flexibility index (Phi) is 4.47. The van der Waals surface area contributed by atoms with Crippen molar-refractivity contribution < 1.29 is 49.6 Å². The van der Waals surface area contributed by atoms with Crippen LogP contribution in [0.5, 0.6) is 0 Å². The fourth-order valence-electron chi connectivity index (χ4n) is 4.24. The summed E-state index contributed by atoms with van der Waals surface area (Å²) in [5.74, 6) is -4.48. The molecule has 4 fully saturated rings. The highest BCUT2D eigenvalue weighted by atomic mass is 32.2. The zero-order valence-electron chi connectivity index (χ0n) is 14.5. The molecule has 0 bridgehead atoms. The molecule has 4 aliphatic heterocycles. The molecule has 11 nitrogen and oxygen atoms in total. The monoisotopic (exact) mass is 430 g/mol. The number of hydrogen-bond acceptors (Lipinski definition) is 9. The van der Waals surface area contributed by atoms with Crippen LogP contribution in [-0.2, 0) is 43.9 Å². The van der Waals surface area contributed by atoms with Gasteiger partial charge in [0, 0.05) is 25.7 Å². The number of ether oxygens (including phenoxy) is 5. The summed E-state index contributed by atoms with van der Waals surface area (Å²) in [6.07, 6.45) is 1.09. The van der Waals surface area contributed by atoms with Crippen LogP contribution in [0.25, 0.3) is 0 Å². The minimum absolute atomic E-state index is 0.268. The Labute approximate surface area is 156 Å². The Morgan fingerprint density at radius 3 is 1.11 bits per heavy atom. The lowest BCUT2D eigenvalue weighted by molar-refractivity contribution is -0.511. The molecule has 156 valence electrons. The molecule has 0 radical (unpaired) electrons. The minimum Gasteiger partial charge on any atom is -0.368 e. The van der Waals surface area contributed by atoms with Gasteiger partial charge >= 0.3 is 0 Å². The zero-order valence-corrected chi connectivity index (χ0v) is 16.1. The van der Waals surface area contributed by atoms with Gasteiger partial charge in [-0.2, -0.15) is 16.8 Å². The lowest BCUT2D eigenvalue weighted by Gasteiger charge is -2.65. The second kappa shape index (κ2) is 6.06. The van der Waals surface area contributed by atoms with Gasteiger partial charge < -0.3 is 23.7 Å². The summed E-state index contributed by atoms with van der Waals surface area (Å²) in [5, 5.41) is 0. The van der Waals surface area contributed by atoms with Crippen LogP contribution < -0.4 is 0 Å². The van der Waals surface area contributed by atoms with E-state index in [-0.39, 0.29) is 52.1 Å². The van der Waals surface area contributed by atoms with Gasteiger partial charge in [0.15, 0.2) is 0 Å².